The van der Waals surface area contributed by atoms with E-state index < -0.39 is 0 Å². The summed E-state index contributed by atoms with van der Waals surface area (Å²) >= 11 is 1.80. The Bertz CT molecular complexity index is 633. The number of halogens is 1. The summed E-state index contributed by atoms with van der Waals surface area (Å²) in [5.74, 6) is 2.58. The fourth-order valence-corrected chi connectivity index (χ4v) is 5.12. The zero-order valence-electron chi connectivity index (χ0n) is 19.3. The number of thiazole rings is 1. The standard InChI is InChI=1S/C22H40N6S.HI/c1-5-21-25-20(17-29-21)16-26-8-6-19(7-9-26)14-24-22(23-4)28-12-10-27(11-13-28)15-18(2)3;/h17-19H,5-16H2,1-4H3,(H,23,24);1H. The van der Waals surface area contributed by atoms with Gasteiger partial charge in [-0.3, -0.25) is 14.8 Å². The third kappa shape index (κ3) is 7.91. The molecule has 0 atom stereocenters. The molecule has 1 aromatic heterocycles. The Kier molecular flexibility index (Phi) is 11.3. The Morgan fingerprint density at radius 1 is 1.17 bits per heavy atom. The molecular formula is C22H41IN6S. The number of rotatable bonds is 7. The van der Waals surface area contributed by atoms with E-state index in [0.29, 0.717) is 0 Å². The number of aromatic nitrogens is 1. The third-order valence-corrected chi connectivity index (χ3v) is 7.09. The second kappa shape index (κ2) is 13.2. The van der Waals surface area contributed by atoms with E-state index in [1.54, 1.807) is 11.3 Å². The number of hydrogen-bond donors (Lipinski definition) is 1. The van der Waals surface area contributed by atoms with Crippen LogP contribution in [0.25, 0.3) is 0 Å². The van der Waals surface area contributed by atoms with E-state index in [1.165, 1.54) is 43.2 Å². The van der Waals surface area contributed by atoms with E-state index in [1.807, 2.05) is 7.05 Å². The van der Waals surface area contributed by atoms with Crippen LogP contribution < -0.4 is 5.32 Å². The van der Waals surface area contributed by atoms with Crippen LogP contribution in [0.1, 0.15) is 44.3 Å². The topological polar surface area (TPSA) is 47.0 Å². The molecule has 0 aliphatic carbocycles. The molecule has 0 saturated carbocycles. The molecule has 1 aromatic rings. The lowest BCUT2D eigenvalue weighted by molar-refractivity contribution is 0.160. The Labute approximate surface area is 204 Å². The maximum absolute atomic E-state index is 4.73. The monoisotopic (exact) mass is 548 g/mol. The van der Waals surface area contributed by atoms with Crippen LogP contribution in [-0.2, 0) is 13.0 Å². The number of piperidine rings is 1. The molecule has 3 heterocycles. The quantitative estimate of drug-likeness (QED) is 0.322. The molecule has 172 valence electrons. The average Bonchev–Trinajstić information content (AvgIpc) is 3.18. The number of hydrogen-bond acceptors (Lipinski definition) is 5. The van der Waals surface area contributed by atoms with Gasteiger partial charge in [-0.15, -0.1) is 35.3 Å². The predicted molar refractivity (Wildman–Crippen MR) is 139 cm³/mol. The largest absolute Gasteiger partial charge is 0.356 e. The second-order valence-corrected chi connectivity index (χ2v) is 9.86. The zero-order chi connectivity index (χ0) is 20.6. The Morgan fingerprint density at radius 2 is 1.87 bits per heavy atom. The predicted octanol–water partition coefficient (Wildman–Crippen LogP) is 3.38. The fraction of sp³-hybridized carbons (Fsp3) is 0.818. The molecule has 0 bridgehead atoms. The molecule has 2 saturated heterocycles. The minimum absolute atomic E-state index is 0. The van der Waals surface area contributed by atoms with Crippen LogP contribution in [0.4, 0.5) is 0 Å². The number of aliphatic imine (C=N–C) groups is 1. The van der Waals surface area contributed by atoms with Crippen LogP contribution in [0.2, 0.25) is 0 Å². The van der Waals surface area contributed by atoms with Gasteiger partial charge in [-0.25, -0.2) is 4.98 Å². The van der Waals surface area contributed by atoms with E-state index in [2.05, 4.69) is 51.2 Å². The van der Waals surface area contributed by atoms with Crippen molar-refractivity contribution in [1.82, 2.24) is 25.0 Å². The molecule has 0 radical (unpaired) electrons. The number of nitrogens with one attached hydrogen (secondary N) is 1. The molecule has 2 aliphatic rings. The second-order valence-electron chi connectivity index (χ2n) is 8.92. The van der Waals surface area contributed by atoms with Gasteiger partial charge in [0.1, 0.15) is 0 Å². The summed E-state index contributed by atoms with van der Waals surface area (Å²) in [7, 11) is 1.92. The molecule has 0 unspecified atom stereocenters. The third-order valence-electron chi connectivity index (χ3n) is 6.05. The van der Waals surface area contributed by atoms with E-state index >= 15 is 0 Å². The molecule has 8 heteroatoms. The maximum Gasteiger partial charge on any atom is 0.193 e. The summed E-state index contributed by atoms with van der Waals surface area (Å²) in [6, 6.07) is 0. The lowest BCUT2D eigenvalue weighted by Gasteiger charge is -2.38. The van der Waals surface area contributed by atoms with Crippen molar-refractivity contribution in [1.29, 1.82) is 0 Å². The van der Waals surface area contributed by atoms with Gasteiger partial charge in [0.05, 0.1) is 10.7 Å². The number of aryl methyl sites for hydroxylation is 1. The molecule has 1 N–H and O–H groups in total. The molecule has 0 spiro atoms. The van der Waals surface area contributed by atoms with Crippen molar-refractivity contribution in [3.63, 3.8) is 0 Å². The number of likely N-dealkylation sites (tertiary alicyclic amines) is 1. The summed E-state index contributed by atoms with van der Waals surface area (Å²) in [6.45, 7) is 16.9. The van der Waals surface area contributed by atoms with Gasteiger partial charge in [-0.05, 0) is 44.2 Å². The van der Waals surface area contributed by atoms with Crippen molar-refractivity contribution < 1.29 is 0 Å². The Hall–Kier alpha value is -0.450. The van der Waals surface area contributed by atoms with Crippen molar-refractivity contribution >= 4 is 41.3 Å². The van der Waals surface area contributed by atoms with E-state index in [0.717, 1.165) is 63.5 Å². The smallest absolute Gasteiger partial charge is 0.193 e. The minimum atomic E-state index is 0. The average molecular weight is 549 g/mol. The molecule has 0 amide bonds. The highest BCUT2D eigenvalue weighted by atomic mass is 127. The number of piperazine rings is 1. The fourth-order valence-electron chi connectivity index (χ4n) is 4.39. The molecule has 3 rings (SSSR count). The van der Waals surface area contributed by atoms with Crippen LogP contribution in [0, 0.1) is 11.8 Å². The van der Waals surface area contributed by atoms with Crippen molar-refractivity contribution in [2.75, 3.05) is 59.4 Å². The van der Waals surface area contributed by atoms with Crippen LogP contribution >= 0.6 is 35.3 Å². The van der Waals surface area contributed by atoms with Crippen LogP contribution in [0.5, 0.6) is 0 Å². The summed E-state index contributed by atoms with van der Waals surface area (Å²) in [5, 5.41) is 7.16. The van der Waals surface area contributed by atoms with Crippen molar-refractivity contribution in [2.45, 2.75) is 46.6 Å². The highest BCUT2D eigenvalue weighted by Crippen LogP contribution is 2.20. The summed E-state index contributed by atoms with van der Waals surface area (Å²) in [5.41, 5.74) is 1.25. The van der Waals surface area contributed by atoms with E-state index in [-0.39, 0.29) is 24.0 Å². The molecule has 2 aliphatic heterocycles. The van der Waals surface area contributed by atoms with E-state index in [9.17, 15) is 0 Å². The van der Waals surface area contributed by atoms with Crippen molar-refractivity contribution in [3.05, 3.63) is 16.1 Å². The van der Waals surface area contributed by atoms with Gasteiger partial charge in [0.15, 0.2) is 5.96 Å². The van der Waals surface area contributed by atoms with Gasteiger partial charge in [-0.1, -0.05) is 20.8 Å². The number of guanidine groups is 1. The van der Waals surface area contributed by atoms with Gasteiger partial charge in [0, 0.05) is 58.2 Å². The van der Waals surface area contributed by atoms with Gasteiger partial charge in [-0.2, -0.15) is 0 Å². The highest BCUT2D eigenvalue weighted by molar-refractivity contribution is 14.0. The Balaban J connectivity index is 0.00000320. The first-order chi connectivity index (χ1) is 14.1. The molecule has 0 aromatic carbocycles. The summed E-state index contributed by atoms with van der Waals surface area (Å²) in [4.78, 5) is 16.9. The van der Waals surface area contributed by atoms with Crippen LogP contribution in [0.15, 0.2) is 10.4 Å². The van der Waals surface area contributed by atoms with E-state index in [4.69, 9.17) is 4.98 Å². The molecule has 2 fully saturated rings. The first-order valence-electron chi connectivity index (χ1n) is 11.4. The summed E-state index contributed by atoms with van der Waals surface area (Å²) < 4.78 is 0. The zero-order valence-corrected chi connectivity index (χ0v) is 22.4. The Morgan fingerprint density at radius 3 is 2.43 bits per heavy atom. The lowest BCUT2D eigenvalue weighted by Crippen LogP contribution is -2.53. The van der Waals surface area contributed by atoms with Crippen LogP contribution in [0.3, 0.4) is 0 Å². The van der Waals surface area contributed by atoms with Gasteiger partial charge >= 0.3 is 0 Å². The summed E-state index contributed by atoms with van der Waals surface area (Å²) in [6.07, 6.45) is 3.57. The maximum atomic E-state index is 4.73. The lowest BCUT2D eigenvalue weighted by atomic mass is 9.97. The SMILES string of the molecule is CCc1nc(CN2CCC(CNC(=NC)N3CCN(CC(C)C)CC3)CC2)cs1.I. The molecular weight excluding hydrogens is 507 g/mol. The van der Waals surface area contributed by atoms with Crippen molar-refractivity contribution in [3.8, 4) is 0 Å². The molecule has 30 heavy (non-hydrogen) atoms. The van der Waals surface area contributed by atoms with Crippen molar-refractivity contribution in [2.24, 2.45) is 16.8 Å². The van der Waals surface area contributed by atoms with Crippen LogP contribution in [-0.4, -0.2) is 85.0 Å². The van der Waals surface area contributed by atoms with Gasteiger partial charge in [0.2, 0.25) is 0 Å². The van der Waals surface area contributed by atoms with Gasteiger partial charge < -0.3 is 10.2 Å². The first-order valence-corrected chi connectivity index (χ1v) is 12.3. The first kappa shape index (κ1) is 25.8. The minimum Gasteiger partial charge on any atom is -0.356 e. The molecule has 6 nitrogen and oxygen atoms in total. The van der Waals surface area contributed by atoms with Gasteiger partial charge in [0.25, 0.3) is 0 Å². The highest BCUT2D eigenvalue weighted by Gasteiger charge is 2.23. The normalized spacial score (nSPS) is 19.9. The number of nitrogens with zero attached hydrogens (tertiary/aromatic N) is 5.